The van der Waals surface area contributed by atoms with E-state index in [9.17, 15) is 22.4 Å². The Balaban J connectivity index is 2.05. The fraction of sp³-hybridized carbons (Fsp3) is 0.333. The molecule has 3 rings (SSSR count). The number of amides is 2. The van der Waals surface area contributed by atoms with E-state index >= 15 is 0 Å². The maximum atomic E-state index is 14.0. The molecule has 12 heteroatoms. The number of nitrogens with zero attached hydrogens (tertiary/aromatic N) is 2. The van der Waals surface area contributed by atoms with Crippen LogP contribution in [0, 0.1) is 5.82 Å². The molecule has 0 saturated carbocycles. The maximum absolute atomic E-state index is 14.0. The SMILES string of the molecule is CCCCNC(=O)[C@@H](C)N(Cc1ccccc1Cl)C(=O)CN(c1ccc(F)cc1)S(=O)(=O)c1ccc(OC)c(OC)c1. The first kappa shape index (κ1) is 32.7. The summed E-state index contributed by atoms with van der Waals surface area (Å²) < 4.78 is 53.2. The van der Waals surface area contributed by atoms with E-state index in [2.05, 4.69) is 5.32 Å². The van der Waals surface area contributed by atoms with Gasteiger partial charge in [-0.1, -0.05) is 43.1 Å². The van der Waals surface area contributed by atoms with Crippen molar-refractivity contribution in [2.75, 3.05) is 31.6 Å². The number of rotatable bonds is 14. The third-order valence-corrected chi connectivity index (χ3v) is 8.77. The van der Waals surface area contributed by atoms with Crippen molar-refractivity contribution in [1.82, 2.24) is 10.2 Å². The molecule has 9 nitrogen and oxygen atoms in total. The van der Waals surface area contributed by atoms with Crippen LogP contribution in [-0.4, -0.2) is 58.5 Å². The van der Waals surface area contributed by atoms with Crippen molar-refractivity contribution < 1.29 is 31.9 Å². The Morgan fingerprint density at radius 3 is 2.29 bits per heavy atom. The molecule has 3 aromatic rings. The van der Waals surface area contributed by atoms with Gasteiger partial charge in [-0.3, -0.25) is 13.9 Å². The van der Waals surface area contributed by atoms with Gasteiger partial charge in [0.25, 0.3) is 10.0 Å². The lowest BCUT2D eigenvalue weighted by Gasteiger charge is -2.32. The number of carbonyl (C=O) groups is 2. The van der Waals surface area contributed by atoms with Crippen molar-refractivity contribution in [1.29, 1.82) is 0 Å². The lowest BCUT2D eigenvalue weighted by Crippen LogP contribution is -2.51. The van der Waals surface area contributed by atoms with Crippen LogP contribution in [0.25, 0.3) is 0 Å². The summed E-state index contributed by atoms with van der Waals surface area (Å²) in [5.41, 5.74) is 0.633. The summed E-state index contributed by atoms with van der Waals surface area (Å²) in [5.74, 6) is -1.15. The zero-order chi connectivity index (χ0) is 30.9. The van der Waals surface area contributed by atoms with Crippen LogP contribution < -0.4 is 19.1 Å². The first-order valence-electron chi connectivity index (χ1n) is 13.3. The average Bonchev–Trinajstić information content (AvgIpc) is 2.99. The fourth-order valence-corrected chi connectivity index (χ4v) is 5.79. The van der Waals surface area contributed by atoms with Gasteiger partial charge >= 0.3 is 0 Å². The van der Waals surface area contributed by atoms with Crippen LogP contribution in [0.15, 0.2) is 71.6 Å². The predicted octanol–water partition coefficient (Wildman–Crippen LogP) is 5.03. The van der Waals surface area contributed by atoms with Gasteiger partial charge < -0.3 is 19.7 Å². The molecule has 1 N–H and O–H groups in total. The van der Waals surface area contributed by atoms with Crippen molar-refractivity contribution in [3.05, 3.63) is 83.1 Å². The van der Waals surface area contributed by atoms with E-state index in [1.54, 1.807) is 31.2 Å². The van der Waals surface area contributed by atoms with E-state index in [1.807, 2.05) is 6.92 Å². The highest BCUT2D eigenvalue weighted by molar-refractivity contribution is 7.92. The topological polar surface area (TPSA) is 105 Å². The van der Waals surface area contributed by atoms with Gasteiger partial charge in [0, 0.05) is 24.2 Å². The zero-order valence-electron chi connectivity index (χ0n) is 24.0. The van der Waals surface area contributed by atoms with Gasteiger partial charge in [0.1, 0.15) is 18.4 Å². The molecule has 0 fully saturated rings. The van der Waals surface area contributed by atoms with E-state index in [1.165, 1.54) is 49.5 Å². The number of carbonyl (C=O) groups excluding carboxylic acids is 2. The standard InChI is InChI=1S/C30H35ClFN3O6S/c1-5-6-17-33-30(37)21(2)34(19-22-9-7-8-10-26(22)31)29(36)20-35(24-13-11-23(32)12-14-24)42(38,39)25-15-16-27(40-3)28(18-25)41-4/h7-16,18,21H,5-6,17,19-20H2,1-4H3,(H,33,37)/t21-/m1/s1. The number of hydrogen-bond acceptors (Lipinski definition) is 6. The van der Waals surface area contributed by atoms with Crippen molar-refractivity contribution >= 4 is 39.1 Å². The van der Waals surface area contributed by atoms with Crippen LogP contribution >= 0.6 is 11.6 Å². The van der Waals surface area contributed by atoms with Gasteiger partial charge in [0.05, 0.1) is 24.8 Å². The molecule has 0 bridgehead atoms. The zero-order valence-corrected chi connectivity index (χ0v) is 25.5. The highest BCUT2D eigenvalue weighted by Gasteiger charge is 2.33. The van der Waals surface area contributed by atoms with Crippen LogP contribution in [0.1, 0.15) is 32.3 Å². The second-order valence-electron chi connectivity index (χ2n) is 9.44. The number of hydrogen-bond donors (Lipinski definition) is 1. The number of sulfonamides is 1. The van der Waals surface area contributed by atoms with Gasteiger partial charge in [-0.25, -0.2) is 12.8 Å². The minimum Gasteiger partial charge on any atom is -0.493 e. The van der Waals surface area contributed by atoms with E-state index in [0.29, 0.717) is 22.9 Å². The highest BCUT2D eigenvalue weighted by Crippen LogP contribution is 2.32. The van der Waals surface area contributed by atoms with E-state index in [-0.39, 0.29) is 28.8 Å². The number of anilines is 1. The van der Waals surface area contributed by atoms with Crippen molar-refractivity contribution in [3.63, 3.8) is 0 Å². The van der Waals surface area contributed by atoms with E-state index in [4.69, 9.17) is 21.1 Å². The third kappa shape index (κ3) is 7.92. The Morgan fingerprint density at radius 1 is 1.00 bits per heavy atom. The Labute approximate surface area is 251 Å². The molecular weight excluding hydrogens is 585 g/mol. The second kappa shape index (κ2) is 14.9. The van der Waals surface area contributed by atoms with Crippen LogP contribution in [-0.2, 0) is 26.2 Å². The number of unbranched alkanes of at least 4 members (excludes halogenated alkanes) is 1. The minimum atomic E-state index is -4.40. The molecule has 1 atom stereocenters. The Bertz CT molecular complexity index is 1490. The highest BCUT2D eigenvalue weighted by atomic mass is 35.5. The molecule has 3 aromatic carbocycles. The smallest absolute Gasteiger partial charge is 0.264 e. The summed E-state index contributed by atoms with van der Waals surface area (Å²) in [5, 5.41) is 3.22. The number of ether oxygens (including phenoxy) is 2. The second-order valence-corrected chi connectivity index (χ2v) is 11.7. The Hall–Kier alpha value is -3.83. The third-order valence-electron chi connectivity index (χ3n) is 6.63. The van der Waals surface area contributed by atoms with Gasteiger partial charge in [-0.05, 0) is 61.4 Å². The van der Waals surface area contributed by atoms with Crippen LogP contribution in [0.3, 0.4) is 0 Å². The van der Waals surface area contributed by atoms with Crippen LogP contribution in [0.4, 0.5) is 10.1 Å². The number of nitrogens with one attached hydrogen (secondary N) is 1. The van der Waals surface area contributed by atoms with E-state index in [0.717, 1.165) is 29.3 Å². The van der Waals surface area contributed by atoms with Gasteiger partial charge in [0.15, 0.2) is 11.5 Å². The fourth-order valence-electron chi connectivity index (χ4n) is 4.17. The molecule has 0 spiro atoms. The molecule has 0 aliphatic carbocycles. The molecule has 0 heterocycles. The monoisotopic (exact) mass is 619 g/mol. The Morgan fingerprint density at radius 2 is 1.67 bits per heavy atom. The quantitative estimate of drug-likeness (QED) is 0.254. The summed E-state index contributed by atoms with van der Waals surface area (Å²) in [4.78, 5) is 28.1. The van der Waals surface area contributed by atoms with Crippen molar-refractivity contribution in [2.45, 2.75) is 44.2 Å². The normalized spacial score (nSPS) is 11.9. The summed E-state index contributed by atoms with van der Waals surface area (Å²) in [6.45, 7) is 3.27. The summed E-state index contributed by atoms with van der Waals surface area (Å²) in [6.07, 6.45) is 1.64. The molecule has 0 aliphatic heterocycles. The molecule has 42 heavy (non-hydrogen) atoms. The van der Waals surface area contributed by atoms with Gasteiger partial charge in [-0.15, -0.1) is 0 Å². The number of benzene rings is 3. The van der Waals surface area contributed by atoms with Gasteiger partial charge in [-0.2, -0.15) is 0 Å². The first-order chi connectivity index (χ1) is 20.0. The molecule has 0 aromatic heterocycles. The lowest BCUT2D eigenvalue weighted by atomic mass is 10.1. The molecule has 0 aliphatic rings. The Kier molecular flexibility index (Phi) is 11.6. The summed E-state index contributed by atoms with van der Waals surface area (Å²) >= 11 is 6.38. The predicted molar refractivity (Wildman–Crippen MR) is 160 cm³/mol. The lowest BCUT2D eigenvalue weighted by molar-refractivity contribution is -0.139. The summed E-state index contributed by atoms with van der Waals surface area (Å²) in [7, 11) is -1.61. The van der Waals surface area contributed by atoms with Crippen molar-refractivity contribution in [3.8, 4) is 11.5 Å². The molecule has 0 radical (unpaired) electrons. The van der Waals surface area contributed by atoms with Crippen LogP contribution in [0.5, 0.6) is 11.5 Å². The minimum absolute atomic E-state index is 0.0471. The number of halogens is 2. The first-order valence-corrected chi connectivity index (χ1v) is 15.2. The average molecular weight is 620 g/mol. The van der Waals surface area contributed by atoms with Crippen LogP contribution in [0.2, 0.25) is 5.02 Å². The molecule has 2 amide bonds. The number of methoxy groups -OCH3 is 2. The molecule has 0 saturated heterocycles. The molecule has 0 unspecified atom stereocenters. The summed E-state index contributed by atoms with van der Waals surface area (Å²) in [6, 6.07) is 14.7. The molecular formula is C30H35ClFN3O6S. The van der Waals surface area contributed by atoms with Gasteiger partial charge in [0.2, 0.25) is 11.8 Å². The maximum Gasteiger partial charge on any atom is 0.264 e. The van der Waals surface area contributed by atoms with Crippen molar-refractivity contribution in [2.24, 2.45) is 0 Å². The molecule has 226 valence electrons. The largest absolute Gasteiger partial charge is 0.493 e. The van der Waals surface area contributed by atoms with E-state index < -0.39 is 34.3 Å².